The molecule has 2 heterocycles. The number of aromatic nitrogens is 3. The molecule has 0 unspecified atom stereocenters. The first kappa shape index (κ1) is 14.5. The van der Waals surface area contributed by atoms with Gasteiger partial charge < -0.3 is 4.74 Å². The lowest BCUT2D eigenvalue weighted by Gasteiger charge is -2.05. The van der Waals surface area contributed by atoms with Crippen molar-refractivity contribution in [3.63, 3.8) is 0 Å². The van der Waals surface area contributed by atoms with Crippen LogP contribution in [0.4, 0.5) is 4.39 Å². The van der Waals surface area contributed by atoms with Crippen LogP contribution in [0.1, 0.15) is 17.8 Å². The first-order chi connectivity index (χ1) is 10.7. The average Bonchev–Trinajstić information content (AvgIpc) is 2.92. The average molecular weight is 299 g/mol. The number of halogens is 1. The number of ether oxygens (including phenoxy) is 1. The molecule has 2 aromatic heterocycles. The van der Waals surface area contributed by atoms with E-state index >= 15 is 0 Å². The van der Waals surface area contributed by atoms with Gasteiger partial charge in [-0.2, -0.15) is 5.10 Å². The lowest BCUT2D eigenvalue weighted by atomic mass is 10.1. The predicted octanol–water partition coefficient (Wildman–Crippen LogP) is 3.75. The second-order valence-electron chi connectivity index (χ2n) is 5.25. The van der Waals surface area contributed by atoms with Crippen molar-refractivity contribution in [1.82, 2.24) is 14.6 Å². The summed E-state index contributed by atoms with van der Waals surface area (Å²) < 4.78 is 19.3. The van der Waals surface area contributed by atoms with Gasteiger partial charge in [-0.25, -0.2) is 9.50 Å². The molecule has 0 aliphatic carbocycles. The van der Waals surface area contributed by atoms with Crippen LogP contribution < -0.4 is 4.74 Å². The van der Waals surface area contributed by atoms with Crippen molar-refractivity contribution >= 4 is 5.65 Å². The van der Waals surface area contributed by atoms with Crippen molar-refractivity contribution in [3.8, 4) is 17.0 Å². The van der Waals surface area contributed by atoms with Crippen molar-refractivity contribution < 1.29 is 9.13 Å². The lowest BCUT2D eigenvalue weighted by Crippen LogP contribution is -1.98. The first-order valence-corrected chi connectivity index (χ1v) is 7.30. The van der Waals surface area contributed by atoms with Gasteiger partial charge in [0.15, 0.2) is 5.65 Å². The Bertz CT molecular complexity index is 780. The number of hydrogen-bond donors (Lipinski definition) is 0. The van der Waals surface area contributed by atoms with Crippen molar-refractivity contribution in [2.45, 2.75) is 20.3 Å². The molecule has 0 spiro atoms. The van der Waals surface area contributed by atoms with Gasteiger partial charge in [0.1, 0.15) is 5.75 Å². The van der Waals surface area contributed by atoms with Crippen LogP contribution >= 0.6 is 0 Å². The summed E-state index contributed by atoms with van der Waals surface area (Å²) in [7, 11) is 0. The summed E-state index contributed by atoms with van der Waals surface area (Å²) in [5.41, 5.74) is 4.75. The standard InChI is InChI=1S/C17H18FN3O/c1-12-10-13(2)21-17(19-12)11-16(20-21)14-4-6-15(7-5-14)22-9-3-8-18/h4-7,10-11H,3,8-9H2,1-2H3. The van der Waals surface area contributed by atoms with Gasteiger partial charge in [-0.15, -0.1) is 0 Å². The Kier molecular flexibility index (Phi) is 4.04. The van der Waals surface area contributed by atoms with E-state index < -0.39 is 0 Å². The molecule has 3 rings (SSSR count). The molecule has 0 saturated heterocycles. The quantitative estimate of drug-likeness (QED) is 0.674. The second-order valence-corrected chi connectivity index (χ2v) is 5.25. The van der Waals surface area contributed by atoms with E-state index in [1.165, 1.54) is 0 Å². The van der Waals surface area contributed by atoms with Crippen molar-refractivity contribution in [2.24, 2.45) is 0 Å². The largest absolute Gasteiger partial charge is 0.493 e. The minimum Gasteiger partial charge on any atom is -0.493 e. The molecule has 0 N–H and O–H groups in total. The van der Waals surface area contributed by atoms with Gasteiger partial charge in [0, 0.05) is 29.4 Å². The van der Waals surface area contributed by atoms with Crippen LogP contribution in [0.5, 0.6) is 5.75 Å². The second kappa shape index (κ2) is 6.13. The smallest absolute Gasteiger partial charge is 0.156 e. The van der Waals surface area contributed by atoms with Crippen LogP contribution in [0.15, 0.2) is 36.4 Å². The zero-order chi connectivity index (χ0) is 15.5. The predicted molar refractivity (Wildman–Crippen MR) is 84.0 cm³/mol. The van der Waals surface area contributed by atoms with Gasteiger partial charge in [0.05, 0.1) is 19.0 Å². The fraction of sp³-hybridized carbons (Fsp3) is 0.294. The minimum atomic E-state index is -0.356. The van der Waals surface area contributed by atoms with Crippen LogP contribution in [-0.4, -0.2) is 27.9 Å². The Labute approximate surface area is 128 Å². The topological polar surface area (TPSA) is 39.4 Å². The monoisotopic (exact) mass is 299 g/mol. The first-order valence-electron chi connectivity index (χ1n) is 7.30. The zero-order valence-electron chi connectivity index (χ0n) is 12.7. The molecule has 0 saturated carbocycles. The highest BCUT2D eigenvalue weighted by molar-refractivity contribution is 5.65. The molecule has 0 atom stereocenters. The molecule has 3 aromatic rings. The van der Waals surface area contributed by atoms with Crippen LogP contribution in [-0.2, 0) is 0 Å². The summed E-state index contributed by atoms with van der Waals surface area (Å²) in [4.78, 5) is 4.49. The molecule has 0 radical (unpaired) electrons. The molecule has 5 heteroatoms. The van der Waals surface area contributed by atoms with E-state index in [0.29, 0.717) is 13.0 Å². The van der Waals surface area contributed by atoms with E-state index in [-0.39, 0.29) is 6.67 Å². The summed E-state index contributed by atoms with van der Waals surface area (Å²) in [5, 5.41) is 4.59. The highest BCUT2D eigenvalue weighted by Gasteiger charge is 2.08. The van der Waals surface area contributed by atoms with E-state index in [2.05, 4.69) is 10.1 Å². The fourth-order valence-electron chi connectivity index (χ4n) is 2.39. The highest BCUT2D eigenvalue weighted by Crippen LogP contribution is 2.23. The Hall–Kier alpha value is -2.43. The number of nitrogens with zero attached hydrogens (tertiary/aromatic N) is 3. The van der Waals surface area contributed by atoms with Crippen molar-refractivity contribution in [1.29, 1.82) is 0 Å². The Morgan fingerprint density at radius 2 is 1.91 bits per heavy atom. The maximum absolute atomic E-state index is 12.0. The maximum atomic E-state index is 12.0. The lowest BCUT2D eigenvalue weighted by molar-refractivity contribution is 0.289. The van der Waals surface area contributed by atoms with E-state index in [1.54, 1.807) is 0 Å². The van der Waals surface area contributed by atoms with Gasteiger partial charge >= 0.3 is 0 Å². The third-order valence-electron chi connectivity index (χ3n) is 3.43. The summed E-state index contributed by atoms with van der Waals surface area (Å²) in [6.07, 6.45) is 0.415. The third kappa shape index (κ3) is 2.93. The van der Waals surface area contributed by atoms with Gasteiger partial charge in [-0.1, -0.05) is 0 Å². The molecular formula is C17H18FN3O. The molecule has 22 heavy (non-hydrogen) atoms. The number of alkyl halides is 1. The number of benzene rings is 1. The van der Waals surface area contributed by atoms with E-state index in [4.69, 9.17) is 4.74 Å². The van der Waals surface area contributed by atoms with Crippen LogP contribution in [0.25, 0.3) is 16.9 Å². The Morgan fingerprint density at radius 1 is 1.14 bits per heavy atom. The molecule has 0 aliphatic heterocycles. The van der Waals surface area contributed by atoms with Crippen LogP contribution in [0, 0.1) is 13.8 Å². The minimum absolute atomic E-state index is 0.356. The summed E-state index contributed by atoms with van der Waals surface area (Å²) in [6, 6.07) is 11.6. The van der Waals surface area contributed by atoms with Gasteiger partial charge in [-0.05, 0) is 44.2 Å². The van der Waals surface area contributed by atoms with Crippen molar-refractivity contribution in [2.75, 3.05) is 13.3 Å². The van der Waals surface area contributed by atoms with E-state index in [0.717, 1.165) is 34.0 Å². The van der Waals surface area contributed by atoms with Crippen LogP contribution in [0.3, 0.4) is 0 Å². The SMILES string of the molecule is Cc1cc(C)n2nc(-c3ccc(OCCCF)cc3)cc2n1. The summed E-state index contributed by atoms with van der Waals surface area (Å²) >= 11 is 0. The molecule has 1 aromatic carbocycles. The van der Waals surface area contributed by atoms with Gasteiger partial charge in [0.2, 0.25) is 0 Å². The molecule has 0 bridgehead atoms. The number of aryl methyl sites for hydroxylation is 2. The molecule has 0 fully saturated rings. The number of fused-ring (bicyclic) bond motifs is 1. The molecule has 4 nitrogen and oxygen atoms in total. The van der Waals surface area contributed by atoms with Crippen molar-refractivity contribution in [3.05, 3.63) is 47.8 Å². The van der Waals surface area contributed by atoms with E-state index in [9.17, 15) is 4.39 Å². The number of rotatable bonds is 5. The van der Waals surface area contributed by atoms with Gasteiger partial charge in [0.25, 0.3) is 0 Å². The highest BCUT2D eigenvalue weighted by atomic mass is 19.1. The normalized spacial score (nSPS) is 11.0. The number of hydrogen-bond acceptors (Lipinski definition) is 3. The Morgan fingerprint density at radius 3 is 2.64 bits per heavy atom. The molecule has 0 aliphatic rings. The van der Waals surface area contributed by atoms with E-state index in [1.807, 2.05) is 54.8 Å². The Balaban J connectivity index is 1.86. The molecular weight excluding hydrogens is 281 g/mol. The van der Waals surface area contributed by atoms with Crippen LogP contribution in [0.2, 0.25) is 0 Å². The van der Waals surface area contributed by atoms with Gasteiger partial charge in [-0.3, -0.25) is 4.39 Å². The summed E-state index contributed by atoms with van der Waals surface area (Å²) in [6.45, 7) is 4.03. The molecule has 114 valence electrons. The zero-order valence-corrected chi connectivity index (χ0v) is 12.7. The summed E-state index contributed by atoms with van der Waals surface area (Å²) in [5.74, 6) is 0.742. The fourth-order valence-corrected chi connectivity index (χ4v) is 2.39. The third-order valence-corrected chi connectivity index (χ3v) is 3.43. The maximum Gasteiger partial charge on any atom is 0.156 e. The molecule has 0 amide bonds.